The smallest absolute Gasteiger partial charge is 0.431 e. The highest BCUT2D eigenvalue weighted by Crippen LogP contribution is 2.38. The molecular weight excluding hydrogens is 399 g/mol. The Labute approximate surface area is 170 Å². The molecule has 1 fully saturated rings. The van der Waals surface area contributed by atoms with Gasteiger partial charge in [-0.05, 0) is 12.1 Å². The van der Waals surface area contributed by atoms with E-state index in [9.17, 15) is 13.2 Å². The fourth-order valence-electron chi connectivity index (χ4n) is 4.10. The number of aromatic nitrogens is 3. The number of H-pyrrole nitrogens is 1. The predicted octanol–water partition coefficient (Wildman–Crippen LogP) is 3.22. The number of morpholine rings is 1. The van der Waals surface area contributed by atoms with Crippen LogP contribution in [0.5, 0.6) is 5.75 Å². The summed E-state index contributed by atoms with van der Waals surface area (Å²) in [5, 5.41) is 3.69. The fraction of sp³-hybridized carbons (Fsp3) is 0.400. The van der Waals surface area contributed by atoms with Gasteiger partial charge in [0.15, 0.2) is 0 Å². The van der Waals surface area contributed by atoms with Gasteiger partial charge in [-0.1, -0.05) is 18.2 Å². The van der Waals surface area contributed by atoms with E-state index < -0.39 is 11.9 Å². The van der Waals surface area contributed by atoms with Gasteiger partial charge < -0.3 is 19.8 Å². The van der Waals surface area contributed by atoms with E-state index in [4.69, 9.17) is 9.47 Å². The van der Waals surface area contributed by atoms with Crippen molar-refractivity contribution in [3.8, 4) is 5.75 Å². The molecule has 2 atom stereocenters. The van der Waals surface area contributed by atoms with E-state index in [1.165, 1.54) is 6.33 Å². The normalized spacial score (nSPS) is 22.5. The van der Waals surface area contributed by atoms with Gasteiger partial charge in [0.05, 0.1) is 30.7 Å². The molecule has 2 N–H and O–H groups in total. The number of nitrogens with zero attached hydrogens (tertiary/aromatic N) is 3. The quantitative estimate of drug-likeness (QED) is 0.679. The maximum absolute atomic E-state index is 13.2. The Hall–Kier alpha value is -2.85. The topological polar surface area (TPSA) is 75.3 Å². The van der Waals surface area contributed by atoms with Gasteiger partial charge >= 0.3 is 6.18 Å². The molecular formula is C20H20F3N5O2. The van der Waals surface area contributed by atoms with Crippen molar-refractivity contribution in [3.63, 3.8) is 0 Å². The number of fused-ring (bicyclic) bond motifs is 2. The third-order valence-corrected chi connectivity index (χ3v) is 5.59. The molecule has 158 valence electrons. The third-order valence-electron chi connectivity index (χ3n) is 5.59. The summed E-state index contributed by atoms with van der Waals surface area (Å²) in [5.41, 5.74) is 0.236. The molecule has 1 saturated heterocycles. The molecule has 3 aromatic rings. The van der Waals surface area contributed by atoms with Crippen LogP contribution in [0.2, 0.25) is 0 Å². The highest BCUT2D eigenvalue weighted by Gasteiger charge is 2.37. The van der Waals surface area contributed by atoms with Gasteiger partial charge in [-0.2, -0.15) is 13.2 Å². The maximum Gasteiger partial charge on any atom is 0.431 e. The molecule has 2 aliphatic heterocycles. The van der Waals surface area contributed by atoms with Crippen LogP contribution >= 0.6 is 0 Å². The van der Waals surface area contributed by atoms with Crippen LogP contribution in [0.15, 0.2) is 36.7 Å². The molecule has 30 heavy (non-hydrogen) atoms. The second-order valence-electron chi connectivity index (χ2n) is 7.35. The molecule has 0 aliphatic carbocycles. The Morgan fingerprint density at radius 3 is 2.73 bits per heavy atom. The van der Waals surface area contributed by atoms with Gasteiger partial charge in [-0.25, -0.2) is 9.97 Å². The Morgan fingerprint density at radius 2 is 1.93 bits per heavy atom. The lowest BCUT2D eigenvalue weighted by atomic mass is 9.94. The molecule has 0 radical (unpaired) electrons. The zero-order valence-electron chi connectivity index (χ0n) is 15.9. The number of hydrogen-bond acceptors (Lipinski definition) is 6. The van der Waals surface area contributed by atoms with Crippen molar-refractivity contribution in [3.05, 3.63) is 47.9 Å². The Kier molecular flexibility index (Phi) is 4.75. The molecule has 4 heterocycles. The molecule has 1 aromatic carbocycles. The van der Waals surface area contributed by atoms with Crippen molar-refractivity contribution in [1.82, 2.24) is 19.9 Å². The van der Waals surface area contributed by atoms with Crippen molar-refractivity contribution in [2.45, 2.75) is 18.3 Å². The number of aromatic amines is 1. The number of para-hydroxylation sites is 1. The molecule has 0 amide bonds. The van der Waals surface area contributed by atoms with E-state index in [1.54, 1.807) is 0 Å². The number of ether oxygens (including phenoxy) is 2. The van der Waals surface area contributed by atoms with Gasteiger partial charge in [0.2, 0.25) is 0 Å². The number of halogens is 3. The third kappa shape index (κ3) is 3.46. The van der Waals surface area contributed by atoms with Crippen LogP contribution in [0.1, 0.15) is 17.3 Å². The maximum atomic E-state index is 13.2. The van der Waals surface area contributed by atoms with Gasteiger partial charge in [0, 0.05) is 18.7 Å². The number of rotatable bonds is 3. The molecule has 10 heteroatoms. The largest absolute Gasteiger partial charge is 0.491 e. The molecule has 2 aromatic heterocycles. The van der Waals surface area contributed by atoms with E-state index >= 15 is 0 Å². The fourth-order valence-corrected chi connectivity index (χ4v) is 4.10. The van der Waals surface area contributed by atoms with Crippen LogP contribution in [0.25, 0.3) is 11.0 Å². The average molecular weight is 419 g/mol. The van der Waals surface area contributed by atoms with Crippen LogP contribution in [0.3, 0.4) is 0 Å². The summed E-state index contributed by atoms with van der Waals surface area (Å²) in [4.78, 5) is 12.8. The zero-order chi connectivity index (χ0) is 20.7. The first-order valence-corrected chi connectivity index (χ1v) is 9.71. The predicted molar refractivity (Wildman–Crippen MR) is 103 cm³/mol. The van der Waals surface area contributed by atoms with Crippen LogP contribution in [0, 0.1) is 0 Å². The van der Waals surface area contributed by atoms with Gasteiger partial charge in [0.1, 0.15) is 35.8 Å². The summed E-state index contributed by atoms with van der Waals surface area (Å²) in [5.74, 6) is 1.11. The highest BCUT2D eigenvalue weighted by atomic mass is 19.4. The lowest BCUT2D eigenvalue weighted by molar-refractivity contribution is -0.140. The average Bonchev–Trinajstić information content (AvgIpc) is 3.21. The number of anilines is 1. The number of benzene rings is 1. The van der Waals surface area contributed by atoms with Gasteiger partial charge in [-0.15, -0.1) is 0 Å². The minimum absolute atomic E-state index is 0.0187. The molecule has 0 bridgehead atoms. The first kappa shape index (κ1) is 19.1. The minimum atomic E-state index is -4.49. The van der Waals surface area contributed by atoms with E-state index in [-0.39, 0.29) is 17.7 Å². The molecule has 5 rings (SSSR count). The lowest BCUT2D eigenvalue weighted by Crippen LogP contribution is -2.52. The SMILES string of the molecule is FC(F)(F)c1cc2c(N[C@H]3c4ccccc4OC[C@H]3N3CCOCC3)ncnc2[nH]1. The highest BCUT2D eigenvalue weighted by molar-refractivity contribution is 5.88. The van der Waals surface area contributed by atoms with E-state index in [0.717, 1.165) is 30.5 Å². The van der Waals surface area contributed by atoms with E-state index in [1.807, 2.05) is 24.3 Å². The monoisotopic (exact) mass is 419 g/mol. The lowest BCUT2D eigenvalue weighted by Gasteiger charge is -2.42. The Balaban J connectivity index is 1.54. The number of hydrogen-bond donors (Lipinski definition) is 2. The van der Waals surface area contributed by atoms with Crippen LogP contribution < -0.4 is 10.1 Å². The summed E-state index contributed by atoms with van der Waals surface area (Å²) < 4.78 is 51.0. The molecule has 0 unspecified atom stereocenters. The minimum Gasteiger partial charge on any atom is -0.491 e. The molecule has 0 spiro atoms. The van der Waals surface area contributed by atoms with Crippen LogP contribution in [0.4, 0.5) is 19.0 Å². The summed E-state index contributed by atoms with van der Waals surface area (Å²) in [6.45, 7) is 3.25. The summed E-state index contributed by atoms with van der Waals surface area (Å²) in [7, 11) is 0. The first-order valence-electron chi connectivity index (χ1n) is 9.71. The molecule has 7 nitrogen and oxygen atoms in total. The first-order chi connectivity index (χ1) is 14.5. The second-order valence-corrected chi connectivity index (χ2v) is 7.35. The van der Waals surface area contributed by atoms with Gasteiger partial charge in [0.25, 0.3) is 0 Å². The van der Waals surface area contributed by atoms with Crippen molar-refractivity contribution >= 4 is 16.9 Å². The zero-order valence-corrected chi connectivity index (χ0v) is 15.9. The van der Waals surface area contributed by atoms with Gasteiger partial charge in [-0.3, -0.25) is 4.90 Å². The van der Waals surface area contributed by atoms with Crippen LogP contribution in [-0.4, -0.2) is 58.8 Å². The van der Waals surface area contributed by atoms with Crippen molar-refractivity contribution in [1.29, 1.82) is 0 Å². The Bertz CT molecular complexity index is 1050. The number of nitrogens with one attached hydrogen (secondary N) is 2. The summed E-state index contributed by atoms with van der Waals surface area (Å²) >= 11 is 0. The second kappa shape index (κ2) is 7.44. The van der Waals surface area contributed by atoms with E-state index in [2.05, 4.69) is 25.2 Å². The summed E-state index contributed by atoms with van der Waals surface area (Å²) in [6.07, 6.45) is -3.23. The van der Waals surface area contributed by atoms with Crippen LogP contribution in [-0.2, 0) is 10.9 Å². The standard InChI is InChI=1S/C20H20F3N5O2/c21-20(22,23)16-9-13-18(26-16)24-11-25-19(13)27-17-12-3-1-2-4-15(12)30-10-14(17)28-5-7-29-8-6-28/h1-4,9,11,14,17H,5-8,10H2,(H2,24,25,26,27)/t14-,17+/m1/s1. The van der Waals surface area contributed by atoms with E-state index in [0.29, 0.717) is 31.0 Å². The van der Waals surface area contributed by atoms with Crippen molar-refractivity contribution in [2.75, 3.05) is 38.2 Å². The van der Waals surface area contributed by atoms with Crippen molar-refractivity contribution in [2.24, 2.45) is 0 Å². The molecule has 2 aliphatic rings. The van der Waals surface area contributed by atoms with Crippen molar-refractivity contribution < 1.29 is 22.6 Å². The Morgan fingerprint density at radius 1 is 1.13 bits per heavy atom. The number of alkyl halides is 3. The summed E-state index contributed by atoms with van der Waals surface area (Å²) in [6, 6.07) is 8.50. The molecule has 0 saturated carbocycles.